The number of nitrogens with zero attached hydrogens (tertiary/aromatic N) is 2. The van der Waals surface area contributed by atoms with Crippen LogP contribution in [0.2, 0.25) is 0 Å². The van der Waals surface area contributed by atoms with Gasteiger partial charge in [0.2, 0.25) is 0 Å². The van der Waals surface area contributed by atoms with Gasteiger partial charge < -0.3 is 14.4 Å². The first-order valence-corrected chi connectivity index (χ1v) is 6.15. The number of hydrogen-bond acceptors (Lipinski definition) is 3. The molecule has 0 saturated carbocycles. The Bertz CT molecular complexity index is 545. The average Bonchev–Trinajstić information content (AvgIpc) is 2.81. The second kappa shape index (κ2) is 4.46. The van der Waals surface area contributed by atoms with E-state index >= 15 is 0 Å². The monoisotopic (exact) mass is 244 g/mol. The van der Waals surface area contributed by atoms with Crippen LogP contribution in [0.5, 0.6) is 5.75 Å². The number of ether oxygens (including phenoxy) is 1. The molecule has 1 aromatic carbocycles. The number of aliphatic hydroxyl groups is 1. The summed E-state index contributed by atoms with van der Waals surface area (Å²) in [6.07, 6.45) is 3.42. The van der Waals surface area contributed by atoms with Crippen LogP contribution in [-0.2, 0) is 13.0 Å². The lowest BCUT2D eigenvalue weighted by atomic mass is 10.1. The lowest BCUT2D eigenvalue weighted by molar-refractivity contribution is 0.130. The second-order valence-electron chi connectivity index (χ2n) is 4.62. The summed E-state index contributed by atoms with van der Waals surface area (Å²) in [4.78, 5) is 4.62. The second-order valence-corrected chi connectivity index (χ2v) is 4.62. The van der Waals surface area contributed by atoms with Crippen molar-refractivity contribution >= 4 is 0 Å². The van der Waals surface area contributed by atoms with E-state index in [1.807, 2.05) is 35.0 Å². The number of rotatable bonds is 2. The summed E-state index contributed by atoms with van der Waals surface area (Å²) in [6.45, 7) is 0.651. The first-order valence-electron chi connectivity index (χ1n) is 6.15. The van der Waals surface area contributed by atoms with Gasteiger partial charge in [0.1, 0.15) is 11.6 Å². The Morgan fingerprint density at radius 1 is 1.33 bits per heavy atom. The standard InChI is InChI=1S/C14H16N2O2/c1-18-12-5-2-10(3-6-12)13-9-16-8-11(17)4-7-14(16)15-13/h2-3,5-6,9,11,17H,4,7-8H2,1H3. The van der Waals surface area contributed by atoms with Gasteiger partial charge in [0.15, 0.2) is 0 Å². The third-order valence-corrected chi connectivity index (χ3v) is 3.35. The van der Waals surface area contributed by atoms with Gasteiger partial charge in [0.25, 0.3) is 0 Å². The van der Waals surface area contributed by atoms with Crippen LogP contribution in [0.3, 0.4) is 0 Å². The Hall–Kier alpha value is -1.81. The third kappa shape index (κ3) is 1.99. The molecule has 4 nitrogen and oxygen atoms in total. The van der Waals surface area contributed by atoms with Crippen molar-refractivity contribution < 1.29 is 9.84 Å². The number of aryl methyl sites for hydroxylation is 1. The van der Waals surface area contributed by atoms with E-state index in [2.05, 4.69) is 4.98 Å². The molecule has 1 atom stereocenters. The molecule has 1 unspecified atom stereocenters. The maximum Gasteiger partial charge on any atom is 0.118 e. The molecule has 2 heterocycles. The van der Waals surface area contributed by atoms with Crippen molar-refractivity contribution in [1.29, 1.82) is 0 Å². The number of methoxy groups -OCH3 is 1. The third-order valence-electron chi connectivity index (χ3n) is 3.35. The zero-order valence-electron chi connectivity index (χ0n) is 10.3. The number of fused-ring (bicyclic) bond motifs is 1. The normalized spacial score (nSPS) is 18.4. The van der Waals surface area contributed by atoms with Crippen molar-refractivity contribution in [3.8, 4) is 17.0 Å². The fourth-order valence-corrected chi connectivity index (χ4v) is 2.33. The highest BCUT2D eigenvalue weighted by molar-refractivity contribution is 5.59. The molecule has 1 aliphatic heterocycles. The van der Waals surface area contributed by atoms with Crippen molar-refractivity contribution in [2.75, 3.05) is 7.11 Å². The molecule has 94 valence electrons. The minimum atomic E-state index is -0.240. The minimum Gasteiger partial charge on any atom is -0.497 e. The quantitative estimate of drug-likeness (QED) is 0.877. The van der Waals surface area contributed by atoms with E-state index in [0.29, 0.717) is 6.54 Å². The van der Waals surface area contributed by atoms with Gasteiger partial charge in [0, 0.05) is 24.7 Å². The van der Waals surface area contributed by atoms with Gasteiger partial charge in [-0.3, -0.25) is 0 Å². The molecule has 0 fully saturated rings. The van der Waals surface area contributed by atoms with E-state index in [-0.39, 0.29) is 6.10 Å². The van der Waals surface area contributed by atoms with E-state index < -0.39 is 0 Å². The summed E-state index contributed by atoms with van der Waals surface area (Å²) in [5.41, 5.74) is 2.04. The number of hydrogen-bond donors (Lipinski definition) is 1. The highest BCUT2D eigenvalue weighted by Crippen LogP contribution is 2.24. The Morgan fingerprint density at radius 3 is 2.83 bits per heavy atom. The van der Waals surface area contributed by atoms with Gasteiger partial charge in [-0.2, -0.15) is 0 Å². The van der Waals surface area contributed by atoms with E-state index in [1.54, 1.807) is 7.11 Å². The van der Waals surface area contributed by atoms with Crippen LogP contribution in [0.15, 0.2) is 30.5 Å². The van der Waals surface area contributed by atoms with Crippen LogP contribution in [0.25, 0.3) is 11.3 Å². The van der Waals surface area contributed by atoms with Crippen LogP contribution >= 0.6 is 0 Å². The predicted octanol–water partition coefficient (Wildman–Crippen LogP) is 1.87. The van der Waals surface area contributed by atoms with Crippen LogP contribution in [0, 0.1) is 0 Å². The molecule has 0 bridgehead atoms. The number of imidazole rings is 1. The van der Waals surface area contributed by atoms with Crippen LogP contribution in [0.4, 0.5) is 0 Å². The molecule has 1 aromatic heterocycles. The average molecular weight is 244 g/mol. The first kappa shape index (κ1) is 11.3. The zero-order valence-corrected chi connectivity index (χ0v) is 10.3. The highest BCUT2D eigenvalue weighted by Gasteiger charge is 2.18. The minimum absolute atomic E-state index is 0.240. The van der Waals surface area contributed by atoms with Gasteiger partial charge in [-0.05, 0) is 30.7 Å². The van der Waals surface area contributed by atoms with Crippen LogP contribution in [0.1, 0.15) is 12.2 Å². The molecule has 0 amide bonds. The van der Waals surface area contributed by atoms with E-state index in [9.17, 15) is 5.11 Å². The SMILES string of the molecule is COc1ccc(-c2cn3c(n2)CCC(O)C3)cc1. The first-order chi connectivity index (χ1) is 8.76. The predicted molar refractivity (Wildman–Crippen MR) is 68.5 cm³/mol. The molecule has 1 N–H and O–H groups in total. The molecule has 3 rings (SSSR count). The molecular formula is C14H16N2O2. The Balaban J connectivity index is 1.92. The number of aromatic nitrogens is 2. The fraction of sp³-hybridized carbons (Fsp3) is 0.357. The largest absolute Gasteiger partial charge is 0.497 e. The molecule has 1 aliphatic rings. The van der Waals surface area contributed by atoms with E-state index in [1.165, 1.54) is 0 Å². The van der Waals surface area contributed by atoms with E-state index in [0.717, 1.165) is 35.7 Å². The van der Waals surface area contributed by atoms with Crippen molar-refractivity contribution in [2.45, 2.75) is 25.5 Å². The molecule has 0 radical (unpaired) electrons. The molecule has 0 spiro atoms. The number of aliphatic hydroxyl groups excluding tert-OH is 1. The smallest absolute Gasteiger partial charge is 0.118 e. The van der Waals surface area contributed by atoms with Crippen molar-refractivity contribution in [3.63, 3.8) is 0 Å². The summed E-state index contributed by atoms with van der Waals surface area (Å²) in [5, 5.41) is 9.64. The maximum atomic E-state index is 9.64. The Labute approximate surface area is 106 Å². The molecule has 0 saturated heterocycles. The summed E-state index contributed by atoms with van der Waals surface area (Å²) in [5.74, 6) is 1.91. The lowest BCUT2D eigenvalue weighted by Crippen LogP contribution is -2.23. The molecule has 0 aliphatic carbocycles. The van der Waals surface area contributed by atoms with Gasteiger partial charge in [-0.1, -0.05) is 0 Å². The Morgan fingerprint density at radius 2 is 2.11 bits per heavy atom. The summed E-state index contributed by atoms with van der Waals surface area (Å²) >= 11 is 0. The molecule has 18 heavy (non-hydrogen) atoms. The van der Waals surface area contributed by atoms with Gasteiger partial charge >= 0.3 is 0 Å². The zero-order chi connectivity index (χ0) is 12.5. The lowest BCUT2D eigenvalue weighted by Gasteiger charge is -2.18. The summed E-state index contributed by atoms with van der Waals surface area (Å²) in [6, 6.07) is 7.87. The topological polar surface area (TPSA) is 47.3 Å². The fourth-order valence-electron chi connectivity index (χ4n) is 2.33. The van der Waals surface area contributed by atoms with Crippen LogP contribution < -0.4 is 4.74 Å². The maximum absolute atomic E-state index is 9.64. The number of benzene rings is 1. The van der Waals surface area contributed by atoms with Gasteiger partial charge in [0.05, 0.1) is 18.9 Å². The highest BCUT2D eigenvalue weighted by atomic mass is 16.5. The summed E-state index contributed by atoms with van der Waals surface area (Å²) < 4.78 is 7.19. The Kier molecular flexibility index (Phi) is 2.80. The van der Waals surface area contributed by atoms with Gasteiger partial charge in [-0.15, -0.1) is 0 Å². The van der Waals surface area contributed by atoms with Gasteiger partial charge in [-0.25, -0.2) is 4.98 Å². The van der Waals surface area contributed by atoms with E-state index in [4.69, 9.17) is 4.74 Å². The molecular weight excluding hydrogens is 228 g/mol. The molecule has 4 heteroatoms. The van der Waals surface area contributed by atoms with Crippen molar-refractivity contribution in [1.82, 2.24) is 9.55 Å². The van der Waals surface area contributed by atoms with Crippen molar-refractivity contribution in [3.05, 3.63) is 36.3 Å². The molecule has 2 aromatic rings. The summed E-state index contributed by atoms with van der Waals surface area (Å²) in [7, 11) is 1.66. The van der Waals surface area contributed by atoms with Crippen LogP contribution in [-0.4, -0.2) is 27.9 Å². The van der Waals surface area contributed by atoms with Crippen molar-refractivity contribution in [2.24, 2.45) is 0 Å².